The third-order valence-corrected chi connectivity index (χ3v) is 8.01. The van der Waals surface area contributed by atoms with Gasteiger partial charge in [-0.2, -0.15) is 0 Å². The van der Waals surface area contributed by atoms with Crippen molar-refractivity contribution in [1.82, 2.24) is 0 Å². The van der Waals surface area contributed by atoms with Crippen molar-refractivity contribution < 1.29 is 51.6 Å². The molecule has 4 heterocycles. The van der Waals surface area contributed by atoms with Crippen LogP contribution in [0.25, 0.3) is 43.9 Å². The molecule has 4 aromatic heterocycles. The van der Waals surface area contributed by atoms with Gasteiger partial charge in [0.2, 0.25) is 11.5 Å². The molecule has 13 nitrogen and oxygen atoms in total. The van der Waals surface area contributed by atoms with E-state index in [1.165, 1.54) is 52.7 Å². The third-order valence-electron chi connectivity index (χ3n) is 8.01. The van der Waals surface area contributed by atoms with E-state index in [-0.39, 0.29) is 47.0 Å². The Kier molecular flexibility index (Phi) is 8.16. The lowest BCUT2D eigenvalue weighted by atomic mass is 9.97. The Morgan fingerprint density at radius 1 is 0.660 bits per heavy atom. The summed E-state index contributed by atoms with van der Waals surface area (Å²) in [5.74, 6) is 1.10. The zero-order chi connectivity index (χ0) is 33.7. The van der Waals surface area contributed by atoms with E-state index in [2.05, 4.69) is 0 Å². The summed E-state index contributed by atoms with van der Waals surface area (Å²) in [7, 11) is 2.98. The number of methoxy groups -OCH3 is 2. The Morgan fingerprint density at radius 3 is 1.55 bits per heavy atom. The summed E-state index contributed by atoms with van der Waals surface area (Å²) in [6.45, 7) is 5.77. The Balaban J connectivity index is 1.26. The summed E-state index contributed by atoms with van der Waals surface area (Å²) in [6, 6.07) is 9.05. The molecule has 0 saturated heterocycles. The number of hydrogen-bond donors (Lipinski definition) is 2. The molecule has 0 bridgehead atoms. The van der Waals surface area contributed by atoms with Crippen molar-refractivity contribution in [3.05, 3.63) is 69.8 Å². The standard InChI is InChI=1S/C34H34O13/c1-33(2,38)22(16-44-32-28-20(12-14-42-28)26(40-6)18-8-10-24(37)46-30(18)32)47-34(3,4)21(35)15-43-31-27-19(11-13-41-27)25(39-5)17-7-9-23(36)45-29(17)31/h7-14,21-22,35,38H,15-16H2,1-6H3. The minimum Gasteiger partial charge on any atom is -0.495 e. The second-order valence-corrected chi connectivity index (χ2v) is 12.0. The highest BCUT2D eigenvalue weighted by Gasteiger charge is 2.39. The number of benzene rings is 2. The molecule has 13 heteroatoms. The molecular weight excluding hydrogens is 616 g/mol. The number of furan rings is 2. The lowest BCUT2D eigenvalue weighted by Gasteiger charge is -2.39. The summed E-state index contributed by atoms with van der Waals surface area (Å²) < 4.78 is 51.9. The van der Waals surface area contributed by atoms with Crippen molar-refractivity contribution in [1.29, 1.82) is 0 Å². The van der Waals surface area contributed by atoms with Gasteiger partial charge in [0.15, 0.2) is 22.3 Å². The van der Waals surface area contributed by atoms with Crippen molar-refractivity contribution in [2.24, 2.45) is 0 Å². The molecule has 2 atom stereocenters. The van der Waals surface area contributed by atoms with Gasteiger partial charge in [-0.05, 0) is 52.0 Å². The van der Waals surface area contributed by atoms with Crippen molar-refractivity contribution in [3.63, 3.8) is 0 Å². The van der Waals surface area contributed by atoms with Gasteiger partial charge >= 0.3 is 11.3 Å². The Labute approximate surface area is 266 Å². The van der Waals surface area contributed by atoms with E-state index in [1.54, 1.807) is 38.1 Å². The smallest absolute Gasteiger partial charge is 0.336 e. The number of ether oxygens (including phenoxy) is 5. The highest BCUT2D eigenvalue weighted by Crippen LogP contribution is 2.44. The van der Waals surface area contributed by atoms with E-state index in [4.69, 9.17) is 41.4 Å². The van der Waals surface area contributed by atoms with Gasteiger partial charge in [-0.25, -0.2) is 9.59 Å². The van der Waals surface area contributed by atoms with E-state index in [0.717, 1.165) is 0 Å². The number of fused-ring (bicyclic) bond motifs is 4. The first kappa shape index (κ1) is 32.0. The van der Waals surface area contributed by atoms with Crippen LogP contribution >= 0.6 is 0 Å². The summed E-state index contributed by atoms with van der Waals surface area (Å²) in [4.78, 5) is 24.3. The SMILES string of the molecule is COc1c2ccoc2c(OCC(OC(C)(C)C(O)COc2c3occc3c(OC)c3ccc(=O)oc23)C(C)(C)O)c2oc(=O)ccc12. The number of hydrogen-bond acceptors (Lipinski definition) is 13. The molecule has 0 aliphatic carbocycles. The zero-order valence-corrected chi connectivity index (χ0v) is 26.6. The molecule has 2 N–H and O–H groups in total. The van der Waals surface area contributed by atoms with Crippen LogP contribution in [0, 0.1) is 0 Å². The minimum atomic E-state index is -1.47. The summed E-state index contributed by atoms with van der Waals surface area (Å²) in [5.41, 5.74) is -3.29. The number of aliphatic hydroxyl groups is 2. The van der Waals surface area contributed by atoms with Crippen LogP contribution in [-0.4, -0.2) is 61.1 Å². The molecule has 2 unspecified atom stereocenters. The van der Waals surface area contributed by atoms with E-state index < -0.39 is 34.7 Å². The average Bonchev–Trinajstić information content (AvgIpc) is 3.70. The van der Waals surface area contributed by atoms with Crippen LogP contribution in [0.2, 0.25) is 0 Å². The van der Waals surface area contributed by atoms with Gasteiger partial charge in [0.05, 0.1) is 59.5 Å². The molecule has 0 saturated carbocycles. The molecule has 6 rings (SSSR count). The van der Waals surface area contributed by atoms with Gasteiger partial charge < -0.3 is 51.6 Å². The second-order valence-electron chi connectivity index (χ2n) is 12.0. The quantitative estimate of drug-likeness (QED) is 0.166. The predicted molar refractivity (Wildman–Crippen MR) is 170 cm³/mol. The molecular formula is C34H34O13. The van der Waals surface area contributed by atoms with Crippen LogP contribution in [0.15, 0.2) is 76.2 Å². The van der Waals surface area contributed by atoms with Crippen molar-refractivity contribution in [2.75, 3.05) is 27.4 Å². The van der Waals surface area contributed by atoms with E-state index in [9.17, 15) is 19.8 Å². The second kappa shape index (κ2) is 12.0. The maximum atomic E-state index is 12.2. The van der Waals surface area contributed by atoms with Crippen LogP contribution in [0.4, 0.5) is 0 Å². The summed E-state index contributed by atoms with van der Waals surface area (Å²) >= 11 is 0. The fraction of sp³-hybridized carbons (Fsp3) is 0.353. The predicted octanol–water partition coefficient (Wildman–Crippen LogP) is 5.16. The monoisotopic (exact) mass is 650 g/mol. The van der Waals surface area contributed by atoms with E-state index in [1.807, 2.05) is 0 Å². The molecule has 6 aromatic rings. The summed E-state index contributed by atoms with van der Waals surface area (Å²) in [5, 5.41) is 24.6. The molecule has 2 aromatic carbocycles. The van der Waals surface area contributed by atoms with Gasteiger partial charge in [-0.1, -0.05) is 0 Å². The first-order valence-corrected chi connectivity index (χ1v) is 14.7. The zero-order valence-electron chi connectivity index (χ0n) is 26.6. The molecule has 0 amide bonds. The highest BCUT2D eigenvalue weighted by molar-refractivity contribution is 6.07. The Morgan fingerprint density at radius 2 is 1.11 bits per heavy atom. The van der Waals surface area contributed by atoms with Crippen LogP contribution in [-0.2, 0) is 4.74 Å². The van der Waals surface area contributed by atoms with Crippen molar-refractivity contribution in [2.45, 2.75) is 51.1 Å². The van der Waals surface area contributed by atoms with Crippen molar-refractivity contribution >= 4 is 43.9 Å². The van der Waals surface area contributed by atoms with Crippen LogP contribution in [0.5, 0.6) is 23.0 Å². The maximum Gasteiger partial charge on any atom is 0.336 e. The number of rotatable bonds is 12. The first-order valence-electron chi connectivity index (χ1n) is 14.7. The van der Waals surface area contributed by atoms with E-state index >= 15 is 0 Å². The normalized spacial score (nSPS) is 13.8. The third kappa shape index (κ3) is 5.77. The van der Waals surface area contributed by atoms with Gasteiger partial charge in [0, 0.05) is 12.1 Å². The van der Waals surface area contributed by atoms with Crippen molar-refractivity contribution in [3.8, 4) is 23.0 Å². The molecule has 248 valence electrons. The molecule has 0 spiro atoms. The van der Waals surface area contributed by atoms with E-state index in [0.29, 0.717) is 33.0 Å². The topological polar surface area (TPSA) is 173 Å². The maximum absolute atomic E-state index is 12.2. The fourth-order valence-corrected chi connectivity index (χ4v) is 5.40. The molecule has 0 radical (unpaired) electrons. The Hall–Kier alpha value is -4.98. The largest absolute Gasteiger partial charge is 0.495 e. The molecule has 0 aliphatic heterocycles. The van der Waals surface area contributed by atoms with Gasteiger partial charge in [0.25, 0.3) is 0 Å². The Bertz CT molecular complexity index is 2190. The molecule has 0 aliphatic rings. The molecule has 0 fully saturated rings. The lowest BCUT2D eigenvalue weighted by Crippen LogP contribution is -2.52. The van der Waals surface area contributed by atoms with Crippen LogP contribution in [0.3, 0.4) is 0 Å². The number of aliphatic hydroxyl groups excluding tert-OH is 1. The van der Waals surface area contributed by atoms with Crippen LogP contribution < -0.4 is 30.2 Å². The first-order chi connectivity index (χ1) is 22.3. The lowest BCUT2D eigenvalue weighted by molar-refractivity contribution is -0.197. The van der Waals surface area contributed by atoms with Gasteiger partial charge in [-0.3, -0.25) is 0 Å². The molecule has 47 heavy (non-hydrogen) atoms. The average molecular weight is 651 g/mol. The summed E-state index contributed by atoms with van der Waals surface area (Å²) in [6.07, 6.45) is 0.596. The fourth-order valence-electron chi connectivity index (χ4n) is 5.40. The van der Waals surface area contributed by atoms with Crippen LogP contribution in [0.1, 0.15) is 27.7 Å². The van der Waals surface area contributed by atoms with Gasteiger partial charge in [-0.15, -0.1) is 0 Å². The highest BCUT2D eigenvalue weighted by atomic mass is 16.6. The van der Waals surface area contributed by atoms with Gasteiger partial charge in [0.1, 0.15) is 36.9 Å². The minimum absolute atomic E-state index is 0.0908.